The highest BCUT2D eigenvalue weighted by atomic mass is 35.5. The maximum atomic E-state index is 10.8. The van der Waals surface area contributed by atoms with Crippen LogP contribution < -0.4 is 4.74 Å². The van der Waals surface area contributed by atoms with Gasteiger partial charge < -0.3 is 4.74 Å². The highest BCUT2D eigenvalue weighted by Crippen LogP contribution is 2.33. The first-order chi connectivity index (χ1) is 8.99. The van der Waals surface area contributed by atoms with E-state index in [0.29, 0.717) is 27.1 Å². The highest BCUT2D eigenvalue weighted by Gasteiger charge is 2.14. The molecule has 0 aliphatic heterocycles. The molecule has 2 aromatic carbocycles. The monoisotopic (exact) mass is 297 g/mol. The van der Waals surface area contributed by atoms with Crippen LogP contribution in [0.2, 0.25) is 10.0 Å². The van der Waals surface area contributed by atoms with Crippen LogP contribution in [0.3, 0.4) is 0 Å². The minimum Gasteiger partial charge on any atom is -0.457 e. The first kappa shape index (κ1) is 13.6. The van der Waals surface area contributed by atoms with Crippen LogP contribution >= 0.6 is 23.2 Å². The van der Waals surface area contributed by atoms with Crippen LogP contribution in [-0.4, -0.2) is 4.92 Å². The molecule has 0 saturated carbocycles. The molecule has 0 aliphatic rings. The minimum atomic E-state index is -0.447. The molecule has 0 atom stereocenters. The normalized spacial score (nSPS) is 10.3. The zero-order valence-electron chi connectivity index (χ0n) is 9.89. The zero-order chi connectivity index (χ0) is 14.0. The molecular formula is C13H9Cl2NO3. The maximum Gasteiger partial charge on any atom is 0.276 e. The highest BCUT2D eigenvalue weighted by molar-refractivity contribution is 6.42. The van der Waals surface area contributed by atoms with E-state index in [4.69, 9.17) is 27.9 Å². The molecule has 2 aromatic rings. The van der Waals surface area contributed by atoms with Gasteiger partial charge in [0.2, 0.25) is 0 Å². The molecule has 19 heavy (non-hydrogen) atoms. The molecule has 0 aliphatic carbocycles. The summed E-state index contributed by atoms with van der Waals surface area (Å²) in [5.74, 6) is 0.880. The van der Waals surface area contributed by atoms with Gasteiger partial charge in [0.05, 0.1) is 20.5 Å². The van der Waals surface area contributed by atoms with Crippen molar-refractivity contribution in [2.24, 2.45) is 0 Å². The van der Waals surface area contributed by atoms with E-state index in [1.807, 2.05) is 0 Å². The Labute approximate surface area is 119 Å². The fourth-order valence-corrected chi connectivity index (χ4v) is 1.87. The standard InChI is InChI=1S/C13H9Cl2NO3/c1-8-12(16(17)18)3-2-4-13(8)19-9-5-6-10(14)11(15)7-9/h2-7H,1H3. The quantitative estimate of drug-likeness (QED) is 0.591. The average molecular weight is 298 g/mol. The van der Waals surface area contributed by atoms with Crippen molar-refractivity contribution in [1.82, 2.24) is 0 Å². The molecule has 0 aromatic heterocycles. The summed E-state index contributed by atoms with van der Waals surface area (Å²) in [4.78, 5) is 10.4. The van der Waals surface area contributed by atoms with Gasteiger partial charge in [-0.3, -0.25) is 10.1 Å². The predicted molar refractivity (Wildman–Crippen MR) is 74.4 cm³/mol. The lowest BCUT2D eigenvalue weighted by molar-refractivity contribution is -0.385. The first-order valence-corrected chi connectivity index (χ1v) is 6.11. The Balaban J connectivity index is 2.35. The molecule has 98 valence electrons. The van der Waals surface area contributed by atoms with Crippen molar-refractivity contribution in [3.63, 3.8) is 0 Å². The van der Waals surface area contributed by atoms with Crippen molar-refractivity contribution < 1.29 is 9.66 Å². The number of nitro benzene ring substituents is 1. The molecule has 0 bridgehead atoms. The van der Waals surface area contributed by atoms with Crippen molar-refractivity contribution in [1.29, 1.82) is 0 Å². The molecule has 0 saturated heterocycles. The van der Waals surface area contributed by atoms with Gasteiger partial charge in [-0.15, -0.1) is 0 Å². The number of benzene rings is 2. The van der Waals surface area contributed by atoms with Gasteiger partial charge in [-0.2, -0.15) is 0 Å². The lowest BCUT2D eigenvalue weighted by Crippen LogP contribution is -1.94. The summed E-state index contributed by atoms with van der Waals surface area (Å²) < 4.78 is 5.59. The van der Waals surface area contributed by atoms with Gasteiger partial charge >= 0.3 is 0 Å². The largest absolute Gasteiger partial charge is 0.457 e. The number of halogens is 2. The Kier molecular flexibility index (Phi) is 3.93. The van der Waals surface area contributed by atoms with Crippen molar-refractivity contribution in [2.45, 2.75) is 6.92 Å². The Bertz CT molecular complexity index is 644. The Hall–Kier alpha value is -1.78. The topological polar surface area (TPSA) is 52.4 Å². The van der Waals surface area contributed by atoms with Gasteiger partial charge in [-0.1, -0.05) is 29.3 Å². The summed E-state index contributed by atoms with van der Waals surface area (Å²) in [5.41, 5.74) is 0.469. The van der Waals surface area contributed by atoms with Gasteiger partial charge in [0.1, 0.15) is 11.5 Å². The first-order valence-electron chi connectivity index (χ1n) is 5.36. The van der Waals surface area contributed by atoms with E-state index < -0.39 is 4.92 Å². The van der Waals surface area contributed by atoms with Crippen LogP contribution in [0, 0.1) is 17.0 Å². The minimum absolute atomic E-state index is 0.0116. The lowest BCUT2D eigenvalue weighted by Gasteiger charge is -2.09. The fourth-order valence-electron chi connectivity index (χ4n) is 1.58. The smallest absolute Gasteiger partial charge is 0.276 e. The lowest BCUT2D eigenvalue weighted by atomic mass is 10.2. The number of ether oxygens (including phenoxy) is 1. The summed E-state index contributed by atoms with van der Waals surface area (Å²) in [6, 6.07) is 9.46. The molecule has 0 spiro atoms. The number of rotatable bonds is 3. The summed E-state index contributed by atoms with van der Waals surface area (Å²) in [7, 11) is 0. The van der Waals surface area contributed by atoms with Gasteiger partial charge in [0.25, 0.3) is 5.69 Å². The van der Waals surface area contributed by atoms with E-state index in [2.05, 4.69) is 0 Å². The number of nitro groups is 1. The molecule has 0 radical (unpaired) electrons. The molecule has 0 amide bonds. The third-order valence-corrected chi connectivity index (χ3v) is 3.31. The van der Waals surface area contributed by atoms with E-state index in [9.17, 15) is 10.1 Å². The molecule has 0 N–H and O–H groups in total. The van der Waals surface area contributed by atoms with E-state index in [0.717, 1.165) is 0 Å². The molecule has 4 nitrogen and oxygen atoms in total. The molecule has 0 unspecified atom stereocenters. The van der Waals surface area contributed by atoms with Gasteiger partial charge in [-0.05, 0) is 25.1 Å². The number of hydrogen-bond acceptors (Lipinski definition) is 3. The van der Waals surface area contributed by atoms with Crippen LogP contribution in [0.25, 0.3) is 0 Å². The third kappa shape index (κ3) is 2.97. The molecular weight excluding hydrogens is 289 g/mol. The van der Waals surface area contributed by atoms with Crippen LogP contribution in [-0.2, 0) is 0 Å². The summed E-state index contributed by atoms with van der Waals surface area (Å²) in [6.07, 6.45) is 0. The van der Waals surface area contributed by atoms with Gasteiger partial charge in [0.15, 0.2) is 0 Å². The SMILES string of the molecule is Cc1c(Oc2ccc(Cl)c(Cl)c2)cccc1[N+](=O)[O-]. The maximum absolute atomic E-state index is 10.8. The second-order valence-corrected chi connectivity index (χ2v) is 4.65. The Morgan fingerprint density at radius 3 is 2.53 bits per heavy atom. The van der Waals surface area contributed by atoms with Crippen molar-refractivity contribution in [3.05, 3.63) is 62.1 Å². The van der Waals surface area contributed by atoms with E-state index in [1.54, 1.807) is 37.3 Å². The van der Waals surface area contributed by atoms with Gasteiger partial charge in [-0.25, -0.2) is 0 Å². The Morgan fingerprint density at radius 1 is 1.16 bits per heavy atom. The molecule has 0 fully saturated rings. The molecule has 0 heterocycles. The van der Waals surface area contributed by atoms with Crippen LogP contribution in [0.4, 0.5) is 5.69 Å². The van der Waals surface area contributed by atoms with Gasteiger partial charge in [0, 0.05) is 12.1 Å². The fraction of sp³-hybridized carbons (Fsp3) is 0.0769. The molecule has 6 heteroatoms. The predicted octanol–water partition coefficient (Wildman–Crippen LogP) is 5.00. The van der Waals surface area contributed by atoms with Crippen LogP contribution in [0.15, 0.2) is 36.4 Å². The molecule has 2 rings (SSSR count). The van der Waals surface area contributed by atoms with Crippen molar-refractivity contribution >= 4 is 28.9 Å². The zero-order valence-corrected chi connectivity index (χ0v) is 11.4. The second-order valence-electron chi connectivity index (χ2n) is 3.84. The summed E-state index contributed by atoms with van der Waals surface area (Å²) in [5, 5.41) is 11.6. The average Bonchev–Trinajstić information content (AvgIpc) is 2.36. The Morgan fingerprint density at radius 2 is 1.89 bits per heavy atom. The van der Waals surface area contributed by atoms with E-state index in [-0.39, 0.29) is 5.69 Å². The van der Waals surface area contributed by atoms with Crippen LogP contribution in [0.5, 0.6) is 11.5 Å². The third-order valence-electron chi connectivity index (χ3n) is 2.57. The van der Waals surface area contributed by atoms with E-state index >= 15 is 0 Å². The second kappa shape index (κ2) is 5.47. The summed E-state index contributed by atoms with van der Waals surface area (Å²) >= 11 is 11.7. The van der Waals surface area contributed by atoms with Crippen molar-refractivity contribution in [2.75, 3.05) is 0 Å². The van der Waals surface area contributed by atoms with Crippen molar-refractivity contribution in [3.8, 4) is 11.5 Å². The number of hydrogen-bond donors (Lipinski definition) is 0. The van der Waals surface area contributed by atoms with E-state index in [1.165, 1.54) is 6.07 Å². The summed E-state index contributed by atoms with van der Waals surface area (Å²) in [6.45, 7) is 1.63. The number of nitrogens with zero attached hydrogens (tertiary/aromatic N) is 1. The van der Waals surface area contributed by atoms with Crippen LogP contribution in [0.1, 0.15) is 5.56 Å².